The highest BCUT2D eigenvalue weighted by Gasteiger charge is 2.18. The fourth-order valence-corrected chi connectivity index (χ4v) is 3.02. The molecular formula is C10H24N2O8S2. The molecule has 0 fully saturated rings. The molecule has 0 saturated heterocycles. The number of rotatable bonds is 11. The number of nitrogens with zero attached hydrogens (tertiary/aromatic N) is 2. The average molecular weight is 364 g/mol. The fraction of sp³-hybridized carbons (Fsp3) is 1.00. The van der Waals surface area contributed by atoms with E-state index in [0.29, 0.717) is 13.1 Å². The SMILES string of the molecule is CN(CCN(C)CC(O)CS(=O)(=O)O)CC(O)CS(=O)(=O)O. The second-order valence-electron chi connectivity index (χ2n) is 5.33. The van der Waals surface area contributed by atoms with Crippen LogP contribution in [0.4, 0.5) is 0 Å². The molecule has 4 N–H and O–H groups in total. The lowest BCUT2D eigenvalue weighted by Crippen LogP contribution is -2.40. The van der Waals surface area contributed by atoms with Crippen molar-refractivity contribution < 1.29 is 36.2 Å². The number of aliphatic hydroxyl groups is 2. The van der Waals surface area contributed by atoms with Gasteiger partial charge in [0.25, 0.3) is 20.2 Å². The molecule has 0 bridgehead atoms. The normalized spacial score (nSPS) is 16.2. The van der Waals surface area contributed by atoms with Gasteiger partial charge in [-0.25, -0.2) is 0 Å². The van der Waals surface area contributed by atoms with E-state index >= 15 is 0 Å². The Morgan fingerprint density at radius 3 is 1.27 bits per heavy atom. The molecule has 0 saturated carbocycles. The molecule has 0 aliphatic heterocycles. The smallest absolute Gasteiger partial charge is 0.267 e. The molecule has 0 radical (unpaired) electrons. The molecule has 0 amide bonds. The first-order chi connectivity index (χ1) is 9.78. The lowest BCUT2D eigenvalue weighted by molar-refractivity contribution is 0.117. The van der Waals surface area contributed by atoms with Gasteiger partial charge in [0.1, 0.15) is 11.5 Å². The molecular weight excluding hydrogens is 340 g/mol. The molecule has 2 atom stereocenters. The molecule has 0 heterocycles. The maximum Gasteiger partial charge on any atom is 0.267 e. The highest BCUT2D eigenvalue weighted by Crippen LogP contribution is 1.97. The molecule has 0 spiro atoms. The lowest BCUT2D eigenvalue weighted by atomic mass is 10.3. The van der Waals surface area contributed by atoms with Gasteiger partial charge in [-0.3, -0.25) is 9.11 Å². The van der Waals surface area contributed by atoms with E-state index < -0.39 is 43.9 Å². The van der Waals surface area contributed by atoms with Crippen molar-refractivity contribution in [3.63, 3.8) is 0 Å². The zero-order valence-corrected chi connectivity index (χ0v) is 14.2. The van der Waals surface area contributed by atoms with Gasteiger partial charge >= 0.3 is 0 Å². The van der Waals surface area contributed by atoms with Crippen LogP contribution in [0.5, 0.6) is 0 Å². The van der Waals surface area contributed by atoms with E-state index in [2.05, 4.69) is 0 Å². The Kier molecular flexibility index (Phi) is 8.94. The first kappa shape index (κ1) is 21.7. The molecule has 0 aromatic heterocycles. The van der Waals surface area contributed by atoms with Crippen molar-refractivity contribution in [2.24, 2.45) is 0 Å². The summed E-state index contributed by atoms with van der Waals surface area (Å²) in [6.45, 7) is 0.887. The largest absolute Gasteiger partial charge is 0.391 e. The first-order valence-corrected chi connectivity index (χ1v) is 9.64. The number of aliphatic hydroxyl groups excluding tert-OH is 2. The maximum atomic E-state index is 10.6. The molecule has 10 nitrogen and oxygen atoms in total. The van der Waals surface area contributed by atoms with Crippen LogP contribution in [0.3, 0.4) is 0 Å². The topological polar surface area (TPSA) is 156 Å². The molecule has 0 aromatic rings. The summed E-state index contributed by atoms with van der Waals surface area (Å²) in [5, 5.41) is 18.9. The monoisotopic (exact) mass is 364 g/mol. The third-order valence-electron chi connectivity index (χ3n) is 2.71. The predicted molar refractivity (Wildman–Crippen MR) is 79.8 cm³/mol. The van der Waals surface area contributed by atoms with E-state index in [1.807, 2.05) is 0 Å². The van der Waals surface area contributed by atoms with Crippen LogP contribution >= 0.6 is 0 Å². The van der Waals surface area contributed by atoms with Crippen LogP contribution < -0.4 is 0 Å². The van der Waals surface area contributed by atoms with Crippen LogP contribution in [0.2, 0.25) is 0 Å². The first-order valence-electron chi connectivity index (χ1n) is 6.42. The van der Waals surface area contributed by atoms with Crippen LogP contribution in [0.25, 0.3) is 0 Å². The van der Waals surface area contributed by atoms with Crippen molar-refractivity contribution >= 4 is 20.2 Å². The van der Waals surface area contributed by atoms with Crippen molar-refractivity contribution in [3.05, 3.63) is 0 Å². The molecule has 12 heteroatoms. The van der Waals surface area contributed by atoms with E-state index in [9.17, 15) is 27.0 Å². The summed E-state index contributed by atoms with van der Waals surface area (Å²) in [5.41, 5.74) is 0. The van der Waals surface area contributed by atoms with Crippen molar-refractivity contribution in [2.45, 2.75) is 12.2 Å². The molecule has 134 valence electrons. The third kappa shape index (κ3) is 13.3. The molecule has 2 unspecified atom stereocenters. The van der Waals surface area contributed by atoms with Gasteiger partial charge in [-0.2, -0.15) is 16.8 Å². The zero-order valence-electron chi connectivity index (χ0n) is 12.5. The molecule has 0 aromatic carbocycles. The minimum absolute atomic E-state index is 0.0290. The predicted octanol–water partition coefficient (Wildman–Crippen LogP) is -2.65. The van der Waals surface area contributed by atoms with E-state index in [4.69, 9.17) is 9.11 Å². The molecule has 22 heavy (non-hydrogen) atoms. The van der Waals surface area contributed by atoms with Gasteiger partial charge in [-0.15, -0.1) is 0 Å². The highest BCUT2D eigenvalue weighted by molar-refractivity contribution is 7.86. The van der Waals surface area contributed by atoms with E-state index in [-0.39, 0.29) is 13.1 Å². The van der Waals surface area contributed by atoms with Crippen LogP contribution in [0.15, 0.2) is 0 Å². The summed E-state index contributed by atoms with van der Waals surface area (Å²) in [7, 11) is -5.20. The Bertz CT molecular complexity index is 473. The Labute approximate surface area is 130 Å². The van der Waals surface area contributed by atoms with Crippen molar-refractivity contribution in [2.75, 3.05) is 51.8 Å². The van der Waals surface area contributed by atoms with E-state index in [1.54, 1.807) is 23.9 Å². The van der Waals surface area contributed by atoms with Crippen molar-refractivity contribution in [3.8, 4) is 0 Å². The number of likely N-dealkylation sites (N-methyl/N-ethyl adjacent to an activating group) is 2. The van der Waals surface area contributed by atoms with Crippen LogP contribution in [0, 0.1) is 0 Å². The van der Waals surface area contributed by atoms with Crippen LogP contribution in [0.1, 0.15) is 0 Å². The van der Waals surface area contributed by atoms with Gasteiger partial charge in [0, 0.05) is 26.2 Å². The van der Waals surface area contributed by atoms with Gasteiger partial charge in [0.2, 0.25) is 0 Å². The summed E-state index contributed by atoms with van der Waals surface area (Å²) in [5.74, 6) is -1.50. The second-order valence-corrected chi connectivity index (χ2v) is 8.32. The Morgan fingerprint density at radius 2 is 1.05 bits per heavy atom. The standard InChI is InChI=1S/C10H24N2O8S2/c1-11(5-9(13)7-21(15,16)17)3-4-12(2)6-10(14)8-22(18,19)20/h9-10,13-14H,3-8H2,1-2H3,(H,15,16,17)(H,18,19,20). The minimum Gasteiger partial charge on any atom is -0.391 e. The van der Waals surface area contributed by atoms with Crippen molar-refractivity contribution in [1.82, 2.24) is 9.80 Å². The van der Waals surface area contributed by atoms with Crippen molar-refractivity contribution in [1.29, 1.82) is 0 Å². The third-order valence-corrected chi connectivity index (χ3v) is 4.33. The zero-order chi connectivity index (χ0) is 17.6. The highest BCUT2D eigenvalue weighted by atomic mass is 32.2. The van der Waals surface area contributed by atoms with Gasteiger partial charge in [0.15, 0.2) is 0 Å². The van der Waals surface area contributed by atoms with Gasteiger partial charge in [-0.1, -0.05) is 0 Å². The lowest BCUT2D eigenvalue weighted by Gasteiger charge is -2.24. The van der Waals surface area contributed by atoms with Gasteiger partial charge in [0.05, 0.1) is 12.2 Å². The molecule has 0 aliphatic rings. The summed E-state index contributed by atoms with van der Waals surface area (Å²) in [6, 6.07) is 0. The summed E-state index contributed by atoms with van der Waals surface area (Å²) < 4.78 is 59.6. The number of hydrogen-bond acceptors (Lipinski definition) is 8. The summed E-state index contributed by atoms with van der Waals surface area (Å²) in [4.78, 5) is 3.25. The Balaban J connectivity index is 4.06. The maximum absolute atomic E-state index is 10.6. The Hall–Kier alpha value is -0.340. The average Bonchev–Trinajstić information content (AvgIpc) is 2.20. The van der Waals surface area contributed by atoms with E-state index in [1.165, 1.54) is 0 Å². The second kappa shape index (κ2) is 9.08. The summed E-state index contributed by atoms with van der Waals surface area (Å²) >= 11 is 0. The van der Waals surface area contributed by atoms with Gasteiger partial charge in [-0.05, 0) is 14.1 Å². The van der Waals surface area contributed by atoms with E-state index in [0.717, 1.165) is 0 Å². The van der Waals surface area contributed by atoms with Crippen LogP contribution in [-0.2, 0) is 20.2 Å². The molecule has 0 rings (SSSR count). The Morgan fingerprint density at radius 1 is 0.773 bits per heavy atom. The summed E-state index contributed by atoms with van der Waals surface area (Å²) in [6.07, 6.45) is -2.45. The minimum atomic E-state index is -4.23. The van der Waals surface area contributed by atoms with Gasteiger partial charge < -0.3 is 20.0 Å². The quantitative estimate of drug-likeness (QED) is 0.285. The fourth-order valence-electron chi connectivity index (χ4n) is 1.84. The molecule has 0 aliphatic carbocycles. The number of hydrogen-bond donors (Lipinski definition) is 4. The van der Waals surface area contributed by atoms with Crippen LogP contribution in [-0.4, -0.2) is 110 Å².